The van der Waals surface area contributed by atoms with Crippen molar-refractivity contribution in [1.82, 2.24) is 9.47 Å². The van der Waals surface area contributed by atoms with E-state index in [2.05, 4.69) is 35.9 Å². The average Bonchev–Trinajstić information content (AvgIpc) is 3.03. The van der Waals surface area contributed by atoms with Crippen LogP contribution in [0.3, 0.4) is 0 Å². The minimum absolute atomic E-state index is 0.0349. The number of hydrogen-bond donors (Lipinski definition) is 1. The number of hydrogen-bond acceptors (Lipinski definition) is 3. The number of nitrogens with zero attached hydrogens (tertiary/aromatic N) is 2. The second kappa shape index (κ2) is 7.64. The molecule has 2 heterocycles. The van der Waals surface area contributed by atoms with Gasteiger partial charge in [0.25, 0.3) is 0 Å². The van der Waals surface area contributed by atoms with Crippen LogP contribution in [0.25, 0.3) is 0 Å². The zero-order chi connectivity index (χ0) is 18.7. The number of ether oxygens (including phenoxy) is 1. The maximum atomic E-state index is 13.0. The third-order valence-corrected chi connectivity index (χ3v) is 4.91. The molecule has 138 valence electrons. The maximum Gasteiger partial charge on any atom is 0.339 e. The van der Waals surface area contributed by atoms with E-state index in [1.54, 1.807) is 24.3 Å². The number of para-hydroxylation sites is 1. The number of esters is 1. The number of nitrogens with one attached hydrogen (secondary N) is 1. The van der Waals surface area contributed by atoms with Gasteiger partial charge in [-0.15, -0.1) is 0 Å². The van der Waals surface area contributed by atoms with Gasteiger partial charge in [-0.05, 0) is 37.6 Å². The molecule has 1 aromatic heterocycles. The fraction of sp³-hybridized carbons (Fsp3) is 0.400. The zero-order valence-corrected chi connectivity index (χ0v) is 15.5. The number of aromatic nitrogens is 1. The molecule has 1 aromatic carbocycles. The van der Waals surface area contributed by atoms with Crippen LogP contribution in [-0.2, 0) is 11.3 Å². The van der Waals surface area contributed by atoms with Crippen molar-refractivity contribution < 1.29 is 14.3 Å². The SMILES string of the molecule is CCC[C@@H]1c2ccc(C)n2CCN1C(=O)Nc1ccccc1C(=O)OC. The topological polar surface area (TPSA) is 63.6 Å². The molecule has 0 saturated carbocycles. The van der Waals surface area contributed by atoms with E-state index in [0.717, 1.165) is 19.4 Å². The Kier molecular flexibility index (Phi) is 5.30. The number of anilines is 1. The van der Waals surface area contributed by atoms with Crippen molar-refractivity contribution >= 4 is 17.7 Å². The van der Waals surface area contributed by atoms with Crippen molar-refractivity contribution in [3.63, 3.8) is 0 Å². The molecule has 1 atom stereocenters. The third kappa shape index (κ3) is 3.31. The molecular weight excluding hydrogens is 330 g/mol. The quantitative estimate of drug-likeness (QED) is 0.844. The molecule has 0 fully saturated rings. The molecule has 3 rings (SSSR count). The molecule has 2 aromatic rings. The summed E-state index contributed by atoms with van der Waals surface area (Å²) in [5.41, 5.74) is 3.22. The summed E-state index contributed by atoms with van der Waals surface area (Å²) in [5.74, 6) is -0.464. The summed E-state index contributed by atoms with van der Waals surface area (Å²) in [5, 5.41) is 2.90. The number of carbonyl (C=O) groups excluding carboxylic acids is 2. The van der Waals surface area contributed by atoms with Crippen LogP contribution >= 0.6 is 0 Å². The number of methoxy groups -OCH3 is 1. The Labute approximate surface area is 153 Å². The molecule has 0 spiro atoms. The lowest BCUT2D eigenvalue weighted by molar-refractivity contribution is 0.0602. The Morgan fingerprint density at radius 2 is 1.96 bits per heavy atom. The molecule has 0 saturated heterocycles. The van der Waals surface area contributed by atoms with Crippen molar-refractivity contribution in [2.75, 3.05) is 19.0 Å². The van der Waals surface area contributed by atoms with E-state index in [9.17, 15) is 9.59 Å². The van der Waals surface area contributed by atoms with E-state index in [1.807, 2.05) is 4.90 Å². The predicted octanol–water partition coefficient (Wildman–Crippen LogP) is 3.97. The van der Waals surface area contributed by atoms with Gasteiger partial charge in [0.05, 0.1) is 24.4 Å². The Hall–Kier alpha value is -2.76. The van der Waals surface area contributed by atoms with Gasteiger partial charge in [-0.2, -0.15) is 0 Å². The lowest BCUT2D eigenvalue weighted by atomic mass is 10.0. The van der Waals surface area contributed by atoms with Crippen molar-refractivity contribution in [1.29, 1.82) is 0 Å². The van der Waals surface area contributed by atoms with E-state index in [0.29, 0.717) is 17.8 Å². The smallest absolute Gasteiger partial charge is 0.339 e. The molecule has 26 heavy (non-hydrogen) atoms. The van der Waals surface area contributed by atoms with E-state index in [-0.39, 0.29) is 12.1 Å². The van der Waals surface area contributed by atoms with Crippen molar-refractivity contribution in [3.05, 3.63) is 53.3 Å². The summed E-state index contributed by atoms with van der Waals surface area (Å²) in [6.07, 6.45) is 1.88. The number of fused-ring (bicyclic) bond motifs is 1. The normalized spacial score (nSPS) is 16.1. The Balaban J connectivity index is 1.85. The third-order valence-electron chi connectivity index (χ3n) is 4.91. The van der Waals surface area contributed by atoms with E-state index >= 15 is 0 Å². The standard InChI is InChI=1S/C20H25N3O3/c1-4-7-17-18-11-10-14(2)22(18)12-13-23(17)20(25)21-16-9-6-5-8-15(16)19(24)26-3/h5-6,8-11,17H,4,7,12-13H2,1-3H3,(H,21,25)/t17-/m1/s1. The summed E-state index contributed by atoms with van der Waals surface area (Å²) >= 11 is 0. The molecule has 6 nitrogen and oxygen atoms in total. The van der Waals surface area contributed by atoms with Gasteiger partial charge >= 0.3 is 12.0 Å². The Morgan fingerprint density at radius 1 is 1.19 bits per heavy atom. The first-order valence-electron chi connectivity index (χ1n) is 8.97. The molecule has 0 unspecified atom stereocenters. The van der Waals surface area contributed by atoms with Crippen LogP contribution in [-0.4, -0.2) is 35.1 Å². The van der Waals surface area contributed by atoms with E-state index in [4.69, 9.17) is 4.74 Å². The molecular formula is C20H25N3O3. The van der Waals surface area contributed by atoms with Crippen LogP contribution in [0.4, 0.5) is 10.5 Å². The monoisotopic (exact) mass is 355 g/mol. The minimum atomic E-state index is -0.464. The molecule has 0 radical (unpaired) electrons. The molecule has 0 aliphatic carbocycles. The number of rotatable bonds is 4. The van der Waals surface area contributed by atoms with Gasteiger partial charge in [-0.1, -0.05) is 25.5 Å². The second-order valence-electron chi connectivity index (χ2n) is 6.52. The molecule has 0 bridgehead atoms. The van der Waals surface area contributed by atoms with Crippen LogP contribution in [0, 0.1) is 6.92 Å². The number of aryl methyl sites for hydroxylation is 1. The Morgan fingerprint density at radius 3 is 2.69 bits per heavy atom. The van der Waals surface area contributed by atoms with E-state index < -0.39 is 5.97 Å². The van der Waals surface area contributed by atoms with Crippen LogP contribution in [0.1, 0.15) is 47.6 Å². The highest BCUT2D eigenvalue weighted by atomic mass is 16.5. The summed E-state index contributed by atoms with van der Waals surface area (Å²) < 4.78 is 7.09. The lowest BCUT2D eigenvalue weighted by Crippen LogP contribution is -2.44. The van der Waals surface area contributed by atoms with Crippen LogP contribution < -0.4 is 5.32 Å². The van der Waals surface area contributed by atoms with Gasteiger partial charge < -0.3 is 19.5 Å². The highest BCUT2D eigenvalue weighted by Crippen LogP contribution is 2.32. The molecule has 6 heteroatoms. The number of benzene rings is 1. The van der Waals surface area contributed by atoms with Gasteiger partial charge in [-0.25, -0.2) is 9.59 Å². The van der Waals surface area contributed by atoms with Gasteiger partial charge in [-0.3, -0.25) is 0 Å². The second-order valence-corrected chi connectivity index (χ2v) is 6.52. The fourth-order valence-electron chi connectivity index (χ4n) is 3.60. The van der Waals surface area contributed by atoms with E-state index in [1.165, 1.54) is 18.5 Å². The molecule has 1 N–H and O–H groups in total. The summed E-state index contributed by atoms with van der Waals surface area (Å²) in [6, 6.07) is 11.0. The summed E-state index contributed by atoms with van der Waals surface area (Å²) in [6.45, 7) is 5.63. The first-order chi connectivity index (χ1) is 12.6. The average molecular weight is 355 g/mol. The van der Waals surface area contributed by atoms with Crippen molar-refractivity contribution in [3.8, 4) is 0 Å². The lowest BCUT2D eigenvalue weighted by Gasteiger charge is -2.37. The van der Waals surface area contributed by atoms with Crippen LogP contribution in [0.5, 0.6) is 0 Å². The van der Waals surface area contributed by atoms with Gasteiger partial charge in [0, 0.05) is 24.5 Å². The van der Waals surface area contributed by atoms with Gasteiger partial charge in [0.15, 0.2) is 0 Å². The summed E-state index contributed by atoms with van der Waals surface area (Å²) in [4.78, 5) is 26.8. The minimum Gasteiger partial charge on any atom is -0.465 e. The van der Waals surface area contributed by atoms with Crippen molar-refractivity contribution in [2.24, 2.45) is 0 Å². The van der Waals surface area contributed by atoms with Gasteiger partial charge in [0.1, 0.15) is 0 Å². The largest absolute Gasteiger partial charge is 0.465 e. The fourth-order valence-corrected chi connectivity index (χ4v) is 3.60. The summed E-state index contributed by atoms with van der Waals surface area (Å²) in [7, 11) is 1.33. The zero-order valence-electron chi connectivity index (χ0n) is 15.5. The Bertz CT molecular complexity index is 812. The van der Waals surface area contributed by atoms with Crippen LogP contribution in [0.15, 0.2) is 36.4 Å². The van der Waals surface area contributed by atoms with Gasteiger partial charge in [0.2, 0.25) is 0 Å². The molecule has 1 aliphatic rings. The molecule has 2 amide bonds. The first kappa shape index (κ1) is 18.0. The van der Waals surface area contributed by atoms with Crippen LogP contribution in [0.2, 0.25) is 0 Å². The van der Waals surface area contributed by atoms with Crippen molar-refractivity contribution in [2.45, 2.75) is 39.3 Å². The number of carbonyl (C=O) groups is 2. The highest BCUT2D eigenvalue weighted by Gasteiger charge is 2.31. The highest BCUT2D eigenvalue weighted by molar-refractivity contribution is 6.00. The first-order valence-corrected chi connectivity index (χ1v) is 8.97. The molecule has 1 aliphatic heterocycles. The maximum absolute atomic E-state index is 13.0. The predicted molar refractivity (Wildman–Crippen MR) is 100 cm³/mol. The number of urea groups is 1. The number of amides is 2.